The second kappa shape index (κ2) is 4.86. The molecule has 15 heavy (non-hydrogen) atoms. The molecule has 0 aliphatic rings. The minimum Gasteiger partial charge on any atom is -0.423 e. The largest absolute Gasteiger partial charge is 0.488 e. The van der Waals surface area contributed by atoms with Gasteiger partial charge < -0.3 is 10.0 Å². The second-order valence-electron chi connectivity index (χ2n) is 4.89. The minimum atomic E-state index is -1.37. The molecule has 0 heterocycles. The van der Waals surface area contributed by atoms with Crippen molar-refractivity contribution in [3.05, 3.63) is 29.8 Å². The Kier molecular flexibility index (Phi) is 4.00. The summed E-state index contributed by atoms with van der Waals surface area (Å²) in [5, 5.41) is 18.1. The van der Waals surface area contributed by atoms with Crippen LogP contribution in [-0.4, -0.2) is 24.4 Å². The van der Waals surface area contributed by atoms with Crippen LogP contribution in [0.4, 0.5) is 0 Å². The van der Waals surface area contributed by atoms with Gasteiger partial charge in [0.25, 0.3) is 0 Å². The summed E-state index contributed by atoms with van der Waals surface area (Å²) in [5.41, 5.74) is 1.73. The lowest BCUT2D eigenvalue weighted by Crippen LogP contribution is -2.29. The van der Waals surface area contributed by atoms with E-state index in [9.17, 15) is 0 Å². The lowest BCUT2D eigenvalue weighted by molar-refractivity contribution is 0.426. The molecular weight excluding hydrogens is 186 g/mol. The van der Waals surface area contributed by atoms with Gasteiger partial charge in [0, 0.05) is 0 Å². The number of rotatable bonds is 3. The summed E-state index contributed by atoms with van der Waals surface area (Å²) in [4.78, 5) is 0. The zero-order chi connectivity index (χ0) is 11.5. The number of benzene rings is 1. The van der Waals surface area contributed by atoms with Gasteiger partial charge in [-0.2, -0.15) is 0 Å². The summed E-state index contributed by atoms with van der Waals surface area (Å²) in [7, 11) is 0.878. The Labute approximate surface area is 92.7 Å². The maximum Gasteiger partial charge on any atom is 0.488 e. The van der Waals surface area contributed by atoms with E-state index in [1.165, 1.54) is 5.56 Å². The van der Waals surface area contributed by atoms with Gasteiger partial charge in [-0.1, -0.05) is 62.2 Å². The fourth-order valence-electron chi connectivity index (χ4n) is 1.25. The quantitative estimate of drug-likeness (QED) is 0.712. The average Bonchev–Trinajstić information content (AvgIpc) is 2.14. The van der Waals surface area contributed by atoms with Crippen LogP contribution in [-0.2, 0) is 6.32 Å². The SMILES string of the molecule is CC(C)(C)[B]Cc1ccc(B(O)O)cc1. The van der Waals surface area contributed by atoms with Crippen molar-refractivity contribution in [2.45, 2.75) is 32.4 Å². The summed E-state index contributed by atoms with van der Waals surface area (Å²) in [6.45, 7) is 6.50. The van der Waals surface area contributed by atoms with Crippen molar-refractivity contribution in [2.75, 3.05) is 0 Å². The Morgan fingerprint density at radius 2 is 1.67 bits per heavy atom. The fraction of sp³-hybridized carbons (Fsp3) is 0.455. The molecule has 0 bridgehead atoms. The Morgan fingerprint density at radius 1 is 1.13 bits per heavy atom. The van der Waals surface area contributed by atoms with Gasteiger partial charge in [0.15, 0.2) is 0 Å². The molecule has 0 saturated carbocycles. The fourth-order valence-corrected chi connectivity index (χ4v) is 1.25. The Balaban J connectivity index is 2.57. The standard InChI is InChI=1S/C11H17B2O2/c1-11(2,3)12-8-9-4-6-10(7-5-9)13(14)15/h4-7,14-15H,8H2,1-3H3. The molecule has 1 aromatic carbocycles. The molecule has 4 heteroatoms. The van der Waals surface area contributed by atoms with Crippen LogP contribution in [0, 0.1) is 0 Å². The first-order valence-electron chi connectivity index (χ1n) is 5.18. The molecule has 0 fully saturated rings. The predicted molar refractivity (Wildman–Crippen MR) is 65.4 cm³/mol. The van der Waals surface area contributed by atoms with E-state index in [-0.39, 0.29) is 5.31 Å². The van der Waals surface area contributed by atoms with Crippen LogP contribution < -0.4 is 5.46 Å². The summed E-state index contributed by atoms with van der Waals surface area (Å²) in [6, 6.07) is 7.35. The third-order valence-corrected chi connectivity index (χ3v) is 2.23. The number of hydrogen-bond acceptors (Lipinski definition) is 2. The highest BCUT2D eigenvalue weighted by Gasteiger charge is 2.13. The van der Waals surface area contributed by atoms with Crippen LogP contribution in [0.5, 0.6) is 0 Å². The molecule has 79 valence electrons. The van der Waals surface area contributed by atoms with E-state index < -0.39 is 7.12 Å². The van der Waals surface area contributed by atoms with Gasteiger partial charge in [0.1, 0.15) is 7.28 Å². The first-order chi connectivity index (χ1) is 6.88. The van der Waals surface area contributed by atoms with Crippen molar-refractivity contribution >= 4 is 19.9 Å². The summed E-state index contributed by atoms with van der Waals surface area (Å²) >= 11 is 0. The minimum absolute atomic E-state index is 0.217. The van der Waals surface area contributed by atoms with Crippen LogP contribution in [0.2, 0.25) is 5.31 Å². The monoisotopic (exact) mass is 203 g/mol. The Morgan fingerprint density at radius 3 is 2.07 bits per heavy atom. The average molecular weight is 203 g/mol. The highest BCUT2D eigenvalue weighted by molar-refractivity contribution is 6.58. The Bertz CT molecular complexity index is 301. The molecule has 0 atom stereocenters. The van der Waals surface area contributed by atoms with Crippen molar-refractivity contribution in [1.82, 2.24) is 0 Å². The topological polar surface area (TPSA) is 40.5 Å². The lowest BCUT2D eigenvalue weighted by Gasteiger charge is -2.16. The first kappa shape index (κ1) is 12.3. The molecule has 0 aromatic heterocycles. The maximum atomic E-state index is 8.92. The normalized spacial score (nSPS) is 11.3. The molecule has 0 unspecified atom stereocenters. The van der Waals surface area contributed by atoms with Gasteiger partial charge >= 0.3 is 7.12 Å². The second-order valence-corrected chi connectivity index (χ2v) is 4.89. The maximum absolute atomic E-state index is 8.92. The van der Waals surface area contributed by atoms with Crippen LogP contribution in [0.25, 0.3) is 0 Å². The molecule has 0 amide bonds. The Hall–Kier alpha value is -0.730. The molecule has 1 aromatic rings. The third-order valence-electron chi connectivity index (χ3n) is 2.23. The smallest absolute Gasteiger partial charge is 0.423 e. The van der Waals surface area contributed by atoms with E-state index in [1.807, 2.05) is 12.1 Å². The van der Waals surface area contributed by atoms with E-state index in [0.29, 0.717) is 5.46 Å². The zero-order valence-corrected chi connectivity index (χ0v) is 9.57. The van der Waals surface area contributed by atoms with Crippen LogP contribution in [0.3, 0.4) is 0 Å². The van der Waals surface area contributed by atoms with E-state index in [2.05, 4.69) is 28.1 Å². The summed E-state index contributed by atoms with van der Waals surface area (Å²) in [6.07, 6.45) is 0.908. The van der Waals surface area contributed by atoms with Crippen LogP contribution in [0.1, 0.15) is 26.3 Å². The molecule has 2 nitrogen and oxygen atoms in total. The van der Waals surface area contributed by atoms with E-state index in [4.69, 9.17) is 10.0 Å². The molecule has 0 saturated heterocycles. The van der Waals surface area contributed by atoms with Crippen LogP contribution >= 0.6 is 0 Å². The van der Waals surface area contributed by atoms with Gasteiger partial charge in [-0.3, -0.25) is 0 Å². The van der Waals surface area contributed by atoms with Gasteiger partial charge in [0.2, 0.25) is 0 Å². The van der Waals surface area contributed by atoms with Crippen LogP contribution in [0.15, 0.2) is 24.3 Å². The highest BCUT2D eigenvalue weighted by Crippen LogP contribution is 2.21. The van der Waals surface area contributed by atoms with Crippen molar-refractivity contribution in [2.24, 2.45) is 0 Å². The van der Waals surface area contributed by atoms with Crippen molar-refractivity contribution < 1.29 is 10.0 Å². The van der Waals surface area contributed by atoms with Gasteiger partial charge in [-0.05, 0) is 5.46 Å². The van der Waals surface area contributed by atoms with Crippen molar-refractivity contribution in [1.29, 1.82) is 0 Å². The lowest BCUT2D eigenvalue weighted by atomic mass is 9.52. The highest BCUT2D eigenvalue weighted by atomic mass is 16.4. The first-order valence-corrected chi connectivity index (χ1v) is 5.18. The van der Waals surface area contributed by atoms with E-state index in [0.717, 1.165) is 6.32 Å². The van der Waals surface area contributed by atoms with Gasteiger partial charge in [-0.15, -0.1) is 0 Å². The molecular formula is C11H17B2O2. The summed E-state index contributed by atoms with van der Waals surface area (Å²) in [5.74, 6) is 0. The van der Waals surface area contributed by atoms with Crippen molar-refractivity contribution in [3.63, 3.8) is 0 Å². The molecule has 2 N–H and O–H groups in total. The van der Waals surface area contributed by atoms with Gasteiger partial charge in [-0.25, -0.2) is 0 Å². The van der Waals surface area contributed by atoms with Crippen molar-refractivity contribution in [3.8, 4) is 0 Å². The molecule has 1 radical (unpaired) electrons. The zero-order valence-electron chi connectivity index (χ0n) is 9.57. The van der Waals surface area contributed by atoms with E-state index in [1.54, 1.807) is 12.1 Å². The van der Waals surface area contributed by atoms with Gasteiger partial charge in [0.05, 0.1) is 0 Å². The van der Waals surface area contributed by atoms with E-state index >= 15 is 0 Å². The molecule has 0 spiro atoms. The number of hydrogen-bond donors (Lipinski definition) is 2. The molecule has 0 aliphatic carbocycles. The molecule has 0 aliphatic heterocycles. The predicted octanol–water partition coefficient (Wildman–Crippen LogP) is 0.789. The molecule has 1 rings (SSSR count). The third kappa shape index (κ3) is 4.54. The summed E-state index contributed by atoms with van der Waals surface area (Å²) < 4.78 is 0.